The first kappa shape index (κ1) is 21.2. The van der Waals surface area contributed by atoms with Crippen molar-refractivity contribution in [2.75, 3.05) is 25.0 Å². The average molecular weight is 429 g/mol. The fourth-order valence-corrected chi connectivity index (χ4v) is 4.98. The van der Waals surface area contributed by atoms with Crippen LogP contribution < -0.4 is 10.6 Å². The second kappa shape index (κ2) is 9.83. The Hall–Kier alpha value is -2.06. The molecule has 2 aromatic rings. The minimum Gasteiger partial charge on any atom is -0.341 e. The lowest BCUT2D eigenvalue weighted by molar-refractivity contribution is -0.135. The van der Waals surface area contributed by atoms with Gasteiger partial charge in [-0.1, -0.05) is 19.8 Å². The number of amides is 1. The van der Waals surface area contributed by atoms with Crippen LogP contribution in [0.5, 0.6) is 0 Å². The molecule has 2 aliphatic heterocycles. The zero-order valence-electron chi connectivity index (χ0n) is 18.0. The monoisotopic (exact) mass is 428 g/mol. The first-order valence-corrected chi connectivity index (χ1v) is 12.0. The fraction of sp³-hybridized carbons (Fsp3) is 0.636. The molecular weight excluding hydrogens is 396 g/mol. The minimum absolute atomic E-state index is 0.0111. The number of rotatable bonds is 6. The molecule has 0 saturated carbocycles. The number of carbonyl (C=O) groups excluding carboxylic acids is 1. The van der Waals surface area contributed by atoms with Crippen LogP contribution in [0.15, 0.2) is 12.3 Å². The molecule has 2 aromatic heterocycles. The first-order chi connectivity index (χ1) is 14.6. The zero-order valence-corrected chi connectivity index (χ0v) is 18.8. The molecule has 7 nitrogen and oxygen atoms in total. The summed E-state index contributed by atoms with van der Waals surface area (Å²) in [6, 6.07) is 2.05. The summed E-state index contributed by atoms with van der Waals surface area (Å²) < 4.78 is 0. The van der Waals surface area contributed by atoms with E-state index in [-0.39, 0.29) is 11.9 Å². The number of hydrogen-bond donors (Lipinski definition) is 2. The van der Waals surface area contributed by atoms with Crippen molar-refractivity contribution >= 4 is 28.2 Å². The van der Waals surface area contributed by atoms with Crippen molar-refractivity contribution in [1.82, 2.24) is 25.2 Å². The number of carbonyl (C=O) groups is 1. The van der Waals surface area contributed by atoms with Gasteiger partial charge in [0.25, 0.3) is 0 Å². The van der Waals surface area contributed by atoms with Crippen molar-refractivity contribution in [2.24, 2.45) is 0 Å². The molecule has 0 bridgehead atoms. The van der Waals surface area contributed by atoms with E-state index < -0.39 is 0 Å². The van der Waals surface area contributed by atoms with Crippen molar-refractivity contribution in [1.29, 1.82) is 0 Å². The summed E-state index contributed by atoms with van der Waals surface area (Å²) in [5, 5.41) is 7.60. The number of piperidine rings is 2. The Morgan fingerprint density at radius 1 is 1.27 bits per heavy atom. The highest BCUT2D eigenvalue weighted by atomic mass is 32.1. The molecule has 0 radical (unpaired) electrons. The van der Waals surface area contributed by atoms with Crippen molar-refractivity contribution < 1.29 is 4.79 Å². The predicted octanol–water partition coefficient (Wildman–Crippen LogP) is 3.79. The second-order valence-electron chi connectivity index (χ2n) is 8.36. The second-order valence-corrected chi connectivity index (χ2v) is 9.59. The molecule has 4 heterocycles. The zero-order chi connectivity index (χ0) is 20.9. The third kappa shape index (κ3) is 5.16. The van der Waals surface area contributed by atoms with Gasteiger partial charge in [-0.3, -0.25) is 4.79 Å². The van der Waals surface area contributed by atoms with Gasteiger partial charge in [0.05, 0.1) is 6.04 Å². The molecular formula is C22H32N6OS. The predicted molar refractivity (Wildman–Crippen MR) is 120 cm³/mol. The molecule has 0 unspecified atom stereocenters. The molecule has 8 heteroatoms. The summed E-state index contributed by atoms with van der Waals surface area (Å²) in [4.78, 5) is 30.1. The van der Waals surface area contributed by atoms with Crippen LogP contribution in [0.3, 0.4) is 0 Å². The van der Waals surface area contributed by atoms with Gasteiger partial charge in [-0.05, 0) is 45.6 Å². The van der Waals surface area contributed by atoms with Crippen molar-refractivity contribution in [2.45, 2.75) is 70.8 Å². The van der Waals surface area contributed by atoms with Gasteiger partial charge in [0.1, 0.15) is 11.6 Å². The molecule has 2 saturated heterocycles. The smallest absolute Gasteiger partial charge is 0.239 e. The number of nitrogens with zero attached hydrogens (tertiary/aromatic N) is 4. The van der Waals surface area contributed by atoms with Gasteiger partial charge in [-0.2, -0.15) is 0 Å². The number of aryl methyl sites for hydroxylation is 2. The Morgan fingerprint density at radius 2 is 2.10 bits per heavy atom. The molecule has 0 spiro atoms. The molecule has 162 valence electrons. The minimum atomic E-state index is 0.0111. The number of thiazole rings is 1. The maximum absolute atomic E-state index is 12.8. The van der Waals surface area contributed by atoms with Crippen LogP contribution in [0.25, 0.3) is 0 Å². The van der Waals surface area contributed by atoms with Crippen LogP contribution in [-0.4, -0.2) is 51.4 Å². The molecule has 1 amide bonds. The Bertz CT molecular complexity index is 855. The summed E-state index contributed by atoms with van der Waals surface area (Å²) in [6.07, 6.45) is 8.98. The van der Waals surface area contributed by atoms with E-state index in [0.717, 1.165) is 80.6 Å². The van der Waals surface area contributed by atoms with E-state index in [9.17, 15) is 4.79 Å². The maximum atomic E-state index is 12.8. The Balaban J connectivity index is 1.43. The van der Waals surface area contributed by atoms with Gasteiger partial charge in [-0.25, -0.2) is 15.0 Å². The number of likely N-dealkylation sites (tertiary alicyclic amines) is 1. The normalized spacial score (nSPS) is 20.3. The lowest BCUT2D eigenvalue weighted by atomic mass is 9.94. The van der Waals surface area contributed by atoms with E-state index in [2.05, 4.69) is 29.5 Å². The lowest BCUT2D eigenvalue weighted by Gasteiger charge is -2.35. The van der Waals surface area contributed by atoms with Gasteiger partial charge < -0.3 is 15.5 Å². The molecule has 2 fully saturated rings. The van der Waals surface area contributed by atoms with E-state index in [4.69, 9.17) is 9.97 Å². The maximum Gasteiger partial charge on any atom is 0.239 e. The summed E-state index contributed by atoms with van der Waals surface area (Å²) in [6.45, 7) is 6.76. The van der Waals surface area contributed by atoms with Crippen molar-refractivity contribution in [3.8, 4) is 0 Å². The van der Waals surface area contributed by atoms with E-state index in [1.54, 1.807) is 11.3 Å². The average Bonchev–Trinajstić information content (AvgIpc) is 3.18. The van der Waals surface area contributed by atoms with E-state index in [1.807, 2.05) is 17.2 Å². The number of nitrogens with one attached hydrogen (secondary N) is 2. The van der Waals surface area contributed by atoms with Crippen LogP contribution in [-0.2, 0) is 11.2 Å². The highest BCUT2D eigenvalue weighted by Gasteiger charge is 2.30. The first-order valence-electron chi connectivity index (χ1n) is 11.2. The molecule has 30 heavy (non-hydrogen) atoms. The third-order valence-electron chi connectivity index (χ3n) is 5.94. The highest BCUT2D eigenvalue weighted by molar-refractivity contribution is 7.15. The standard InChI is InChI=1S/C22H32N6OS/c1-3-6-17-13-19(27-22-24-14-15(2)30-22)26-20(25-17)16-8-11-28(12-9-16)21(29)18-7-4-5-10-23-18/h13-14,16,18,23H,3-12H2,1-2H3,(H,24,25,26,27)/t18-/m0/s1. The Labute approximate surface area is 182 Å². The van der Waals surface area contributed by atoms with Crippen molar-refractivity contribution in [3.63, 3.8) is 0 Å². The molecule has 0 aliphatic carbocycles. The Kier molecular flexibility index (Phi) is 6.94. The number of hydrogen-bond acceptors (Lipinski definition) is 7. The Morgan fingerprint density at radius 3 is 2.77 bits per heavy atom. The van der Waals surface area contributed by atoms with Crippen LogP contribution in [0.1, 0.15) is 67.8 Å². The summed E-state index contributed by atoms with van der Waals surface area (Å²) >= 11 is 1.63. The van der Waals surface area contributed by atoms with Crippen LogP contribution in [0, 0.1) is 6.92 Å². The topological polar surface area (TPSA) is 83.0 Å². The van der Waals surface area contributed by atoms with E-state index in [1.165, 1.54) is 11.3 Å². The molecule has 4 rings (SSSR count). The molecule has 0 aromatic carbocycles. The molecule has 2 aliphatic rings. The van der Waals surface area contributed by atoms with Gasteiger partial charge in [0.2, 0.25) is 5.91 Å². The summed E-state index contributed by atoms with van der Waals surface area (Å²) in [7, 11) is 0. The van der Waals surface area contributed by atoms with Gasteiger partial charge in [-0.15, -0.1) is 11.3 Å². The quantitative estimate of drug-likeness (QED) is 0.728. The number of anilines is 2. The van der Waals surface area contributed by atoms with Crippen molar-refractivity contribution in [3.05, 3.63) is 28.7 Å². The van der Waals surface area contributed by atoms with Crippen LogP contribution in [0.4, 0.5) is 10.9 Å². The molecule has 1 atom stereocenters. The summed E-state index contributed by atoms with van der Waals surface area (Å²) in [5.74, 6) is 2.29. The fourth-order valence-electron chi connectivity index (χ4n) is 4.31. The van der Waals surface area contributed by atoms with Crippen LogP contribution >= 0.6 is 11.3 Å². The number of aromatic nitrogens is 3. The van der Waals surface area contributed by atoms with E-state index >= 15 is 0 Å². The lowest BCUT2D eigenvalue weighted by Crippen LogP contribution is -2.50. The largest absolute Gasteiger partial charge is 0.341 e. The van der Waals surface area contributed by atoms with Gasteiger partial charge in [0, 0.05) is 41.8 Å². The highest BCUT2D eigenvalue weighted by Crippen LogP contribution is 2.29. The van der Waals surface area contributed by atoms with Crippen LogP contribution in [0.2, 0.25) is 0 Å². The van der Waals surface area contributed by atoms with E-state index in [0.29, 0.717) is 5.92 Å². The third-order valence-corrected chi connectivity index (χ3v) is 6.77. The molecule has 2 N–H and O–H groups in total. The SMILES string of the molecule is CCCc1cc(Nc2ncc(C)s2)nc(C2CCN(C(=O)[C@@H]3CCCCN3)CC2)n1. The summed E-state index contributed by atoms with van der Waals surface area (Å²) in [5.41, 5.74) is 1.07. The van der Waals surface area contributed by atoms with Gasteiger partial charge >= 0.3 is 0 Å². The van der Waals surface area contributed by atoms with Gasteiger partial charge in [0.15, 0.2) is 5.13 Å².